The van der Waals surface area contributed by atoms with Gasteiger partial charge in [0.1, 0.15) is 0 Å². The van der Waals surface area contributed by atoms with Crippen molar-refractivity contribution in [3.8, 4) is 0 Å². The Kier molecular flexibility index (Phi) is 3.49. The van der Waals surface area contributed by atoms with Crippen molar-refractivity contribution in [2.75, 3.05) is 26.7 Å². The highest BCUT2D eigenvalue weighted by Crippen LogP contribution is 2.07. The zero-order valence-electron chi connectivity index (χ0n) is 7.42. The van der Waals surface area contributed by atoms with Crippen LogP contribution in [0.3, 0.4) is 0 Å². The Morgan fingerprint density at radius 1 is 1.75 bits per heavy atom. The standard InChI is InChI=1S/C8H16N2O2/c1-10-5-3-7(8(10)12)9-4-2-6-11/h7,9,11H,2-6H2,1H3. The van der Waals surface area contributed by atoms with Crippen molar-refractivity contribution >= 4 is 5.91 Å². The minimum Gasteiger partial charge on any atom is -0.396 e. The van der Waals surface area contributed by atoms with Gasteiger partial charge < -0.3 is 15.3 Å². The number of aliphatic hydroxyl groups is 1. The molecular weight excluding hydrogens is 156 g/mol. The predicted molar refractivity (Wildman–Crippen MR) is 45.7 cm³/mol. The van der Waals surface area contributed by atoms with E-state index in [1.165, 1.54) is 0 Å². The topological polar surface area (TPSA) is 52.6 Å². The summed E-state index contributed by atoms with van der Waals surface area (Å²) in [5.74, 6) is 0.174. The first kappa shape index (κ1) is 9.48. The summed E-state index contributed by atoms with van der Waals surface area (Å²) < 4.78 is 0. The highest BCUT2D eigenvalue weighted by molar-refractivity contribution is 5.83. The molecule has 2 N–H and O–H groups in total. The second-order valence-electron chi connectivity index (χ2n) is 3.13. The van der Waals surface area contributed by atoms with Gasteiger partial charge in [-0.25, -0.2) is 0 Å². The maximum Gasteiger partial charge on any atom is 0.239 e. The molecule has 1 unspecified atom stereocenters. The Bertz CT molecular complexity index is 161. The first-order chi connectivity index (χ1) is 5.75. The molecule has 0 aromatic rings. The fourth-order valence-electron chi connectivity index (χ4n) is 1.37. The molecule has 1 aliphatic heterocycles. The molecule has 0 bridgehead atoms. The normalized spacial score (nSPS) is 23.7. The zero-order chi connectivity index (χ0) is 8.97. The summed E-state index contributed by atoms with van der Waals surface area (Å²) >= 11 is 0. The average Bonchev–Trinajstić information content (AvgIpc) is 2.36. The van der Waals surface area contributed by atoms with Crippen LogP contribution in [0.2, 0.25) is 0 Å². The van der Waals surface area contributed by atoms with E-state index in [1.54, 1.807) is 4.90 Å². The van der Waals surface area contributed by atoms with Crippen LogP contribution in [0.5, 0.6) is 0 Å². The Morgan fingerprint density at radius 2 is 2.50 bits per heavy atom. The molecule has 0 saturated carbocycles. The lowest BCUT2D eigenvalue weighted by Gasteiger charge is -2.11. The molecule has 1 heterocycles. The third-order valence-electron chi connectivity index (χ3n) is 2.15. The Morgan fingerprint density at radius 3 is 3.00 bits per heavy atom. The SMILES string of the molecule is CN1CCC(NCCCO)C1=O. The zero-order valence-corrected chi connectivity index (χ0v) is 7.42. The predicted octanol–water partition coefficient (Wildman–Crippen LogP) is -0.811. The molecule has 1 atom stereocenters. The Hall–Kier alpha value is -0.610. The summed E-state index contributed by atoms with van der Waals surface area (Å²) in [6, 6.07) is -0.0125. The van der Waals surface area contributed by atoms with Crippen LogP contribution >= 0.6 is 0 Å². The van der Waals surface area contributed by atoms with E-state index in [9.17, 15) is 4.79 Å². The fraction of sp³-hybridized carbons (Fsp3) is 0.875. The van der Waals surface area contributed by atoms with E-state index in [0.29, 0.717) is 6.42 Å². The van der Waals surface area contributed by atoms with Crippen molar-refractivity contribution in [1.29, 1.82) is 0 Å². The lowest BCUT2D eigenvalue weighted by molar-refractivity contribution is -0.128. The molecule has 0 aromatic heterocycles. The highest BCUT2D eigenvalue weighted by Gasteiger charge is 2.27. The molecule has 1 saturated heterocycles. The molecule has 1 aliphatic rings. The molecule has 1 fully saturated rings. The van der Waals surface area contributed by atoms with Crippen molar-refractivity contribution in [3.63, 3.8) is 0 Å². The maximum atomic E-state index is 11.3. The van der Waals surface area contributed by atoms with Crippen LogP contribution in [-0.4, -0.2) is 48.7 Å². The lowest BCUT2D eigenvalue weighted by Crippen LogP contribution is -2.37. The van der Waals surface area contributed by atoms with Crippen LogP contribution in [0.15, 0.2) is 0 Å². The molecule has 0 radical (unpaired) electrons. The summed E-state index contributed by atoms with van der Waals surface area (Å²) in [6.07, 6.45) is 1.61. The van der Waals surface area contributed by atoms with Gasteiger partial charge in [0.15, 0.2) is 0 Å². The van der Waals surface area contributed by atoms with Crippen LogP contribution in [0.4, 0.5) is 0 Å². The number of carbonyl (C=O) groups is 1. The lowest BCUT2D eigenvalue weighted by atomic mass is 10.2. The van der Waals surface area contributed by atoms with Crippen molar-refractivity contribution in [3.05, 3.63) is 0 Å². The minimum atomic E-state index is -0.0125. The molecule has 1 amide bonds. The molecule has 0 aromatic carbocycles. The molecule has 12 heavy (non-hydrogen) atoms. The van der Waals surface area contributed by atoms with Crippen LogP contribution in [0.25, 0.3) is 0 Å². The van der Waals surface area contributed by atoms with Crippen molar-refractivity contribution in [1.82, 2.24) is 10.2 Å². The van der Waals surface area contributed by atoms with Gasteiger partial charge in [-0.15, -0.1) is 0 Å². The number of nitrogens with one attached hydrogen (secondary N) is 1. The van der Waals surface area contributed by atoms with E-state index in [1.807, 2.05) is 7.05 Å². The summed E-state index contributed by atoms with van der Waals surface area (Å²) in [7, 11) is 1.82. The number of carbonyl (C=O) groups excluding carboxylic acids is 1. The summed E-state index contributed by atoms with van der Waals surface area (Å²) in [5.41, 5.74) is 0. The monoisotopic (exact) mass is 172 g/mol. The third kappa shape index (κ3) is 2.19. The number of rotatable bonds is 4. The second kappa shape index (κ2) is 4.42. The summed E-state index contributed by atoms with van der Waals surface area (Å²) in [5, 5.41) is 11.6. The van der Waals surface area contributed by atoms with Crippen LogP contribution in [0.1, 0.15) is 12.8 Å². The van der Waals surface area contributed by atoms with E-state index in [-0.39, 0.29) is 18.6 Å². The van der Waals surface area contributed by atoms with Crippen LogP contribution in [0, 0.1) is 0 Å². The molecular formula is C8H16N2O2. The van der Waals surface area contributed by atoms with E-state index in [0.717, 1.165) is 19.5 Å². The summed E-state index contributed by atoms with van der Waals surface area (Å²) in [6.45, 7) is 1.75. The van der Waals surface area contributed by atoms with Gasteiger partial charge in [-0.2, -0.15) is 0 Å². The minimum absolute atomic E-state index is 0.0125. The van der Waals surface area contributed by atoms with Gasteiger partial charge in [0, 0.05) is 20.2 Å². The third-order valence-corrected chi connectivity index (χ3v) is 2.15. The number of hydrogen-bond acceptors (Lipinski definition) is 3. The summed E-state index contributed by atoms with van der Waals surface area (Å²) in [4.78, 5) is 13.0. The number of likely N-dealkylation sites (tertiary alicyclic amines) is 1. The van der Waals surface area contributed by atoms with Crippen molar-refractivity contribution in [2.24, 2.45) is 0 Å². The van der Waals surface area contributed by atoms with Gasteiger partial charge >= 0.3 is 0 Å². The molecule has 70 valence electrons. The van der Waals surface area contributed by atoms with Gasteiger partial charge in [-0.1, -0.05) is 0 Å². The molecule has 0 aliphatic carbocycles. The Balaban J connectivity index is 2.20. The quantitative estimate of drug-likeness (QED) is 0.545. The number of likely N-dealkylation sites (N-methyl/N-ethyl adjacent to an activating group) is 1. The molecule has 1 rings (SSSR count). The smallest absolute Gasteiger partial charge is 0.239 e. The van der Waals surface area contributed by atoms with Crippen molar-refractivity contribution in [2.45, 2.75) is 18.9 Å². The van der Waals surface area contributed by atoms with Gasteiger partial charge in [-0.05, 0) is 19.4 Å². The van der Waals surface area contributed by atoms with Gasteiger partial charge in [0.25, 0.3) is 0 Å². The van der Waals surface area contributed by atoms with Gasteiger partial charge in [0.2, 0.25) is 5.91 Å². The molecule has 0 spiro atoms. The van der Waals surface area contributed by atoms with Crippen molar-refractivity contribution < 1.29 is 9.90 Å². The van der Waals surface area contributed by atoms with Crippen LogP contribution in [-0.2, 0) is 4.79 Å². The first-order valence-electron chi connectivity index (χ1n) is 4.35. The maximum absolute atomic E-state index is 11.3. The average molecular weight is 172 g/mol. The van der Waals surface area contributed by atoms with Gasteiger partial charge in [0.05, 0.1) is 6.04 Å². The number of nitrogens with zero attached hydrogens (tertiary/aromatic N) is 1. The van der Waals surface area contributed by atoms with E-state index in [4.69, 9.17) is 5.11 Å². The first-order valence-corrected chi connectivity index (χ1v) is 4.35. The highest BCUT2D eigenvalue weighted by atomic mass is 16.3. The Labute approximate surface area is 72.6 Å². The second-order valence-corrected chi connectivity index (χ2v) is 3.13. The largest absolute Gasteiger partial charge is 0.396 e. The molecule has 4 nitrogen and oxygen atoms in total. The van der Waals surface area contributed by atoms with E-state index >= 15 is 0 Å². The van der Waals surface area contributed by atoms with Gasteiger partial charge in [-0.3, -0.25) is 4.79 Å². The number of aliphatic hydroxyl groups excluding tert-OH is 1. The number of amides is 1. The van der Waals surface area contributed by atoms with E-state index in [2.05, 4.69) is 5.32 Å². The number of hydrogen-bond donors (Lipinski definition) is 2. The van der Waals surface area contributed by atoms with Crippen LogP contribution < -0.4 is 5.32 Å². The van der Waals surface area contributed by atoms with E-state index < -0.39 is 0 Å². The fourth-order valence-corrected chi connectivity index (χ4v) is 1.37. The molecule has 4 heteroatoms.